The Morgan fingerprint density at radius 3 is 2.64 bits per heavy atom. The summed E-state index contributed by atoms with van der Waals surface area (Å²) in [7, 11) is 3.09. The van der Waals surface area contributed by atoms with Gasteiger partial charge in [-0.05, 0) is 54.5 Å². The predicted octanol–water partition coefficient (Wildman–Crippen LogP) is 4.45. The van der Waals surface area contributed by atoms with E-state index in [4.69, 9.17) is 4.74 Å². The molecule has 8 heteroatoms. The lowest BCUT2D eigenvalue weighted by Crippen LogP contribution is -2.38. The Labute approximate surface area is 209 Å². The third-order valence-corrected chi connectivity index (χ3v) is 6.91. The van der Waals surface area contributed by atoms with Gasteiger partial charge in [0.05, 0.1) is 12.6 Å². The lowest BCUT2D eigenvalue weighted by Gasteiger charge is -2.30. The Morgan fingerprint density at radius 2 is 1.86 bits per heavy atom. The molecular formula is C28H29N5O3. The van der Waals surface area contributed by atoms with E-state index in [0.29, 0.717) is 17.2 Å². The summed E-state index contributed by atoms with van der Waals surface area (Å²) in [6, 6.07) is 18.0. The zero-order valence-corrected chi connectivity index (χ0v) is 20.4. The van der Waals surface area contributed by atoms with Gasteiger partial charge in [-0.25, -0.2) is 4.98 Å². The molecule has 1 saturated carbocycles. The number of nitrogens with zero attached hydrogens (tertiary/aromatic N) is 2. The summed E-state index contributed by atoms with van der Waals surface area (Å²) < 4.78 is 5.42. The van der Waals surface area contributed by atoms with Gasteiger partial charge in [0, 0.05) is 30.2 Å². The quantitative estimate of drug-likeness (QED) is 0.375. The van der Waals surface area contributed by atoms with Crippen LogP contribution >= 0.6 is 0 Å². The average Bonchev–Trinajstić information content (AvgIpc) is 3.36. The normalized spacial score (nSPS) is 17.5. The van der Waals surface area contributed by atoms with Crippen LogP contribution in [0.3, 0.4) is 0 Å². The SMILES string of the molecule is CNC(=O)c1n[nH]c2cc(-c3cnc(OC)c(C(=O)NC4CCCC(c5ccccc5)C4)c3)ccc12. The number of hydrogen-bond acceptors (Lipinski definition) is 5. The first-order valence-corrected chi connectivity index (χ1v) is 12.2. The molecule has 1 aliphatic rings. The van der Waals surface area contributed by atoms with E-state index in [9.17, 15) is 9.59 Å². The Morgan fingerprint density at radius 1 is 1.03 bits per heavy atom. The van der Waals surface area contributed by atoms with Crippen molar-refractivity contribution < 1.29 is 14.3 Å². The number of H-pyrrole nitrogens is 1. The summed E-state index contributed by atoms with van der Waals surface area (Å²) in [4.78, 5) is 29.8. The van der Waals surface area contributed by atoms with Gasteiger partial charge in [-0.15, -0.1) is 0 Å². The molecular weight excluding hydrogens is 454 g/mol. The van der Waals surface area contributed by atoms with Crippen molar-refractivity contribution in [3.63, 3.8) is 0 Å². The molecule has 3 N–H and O–H groups in total. The second kappa shape index (κ2) is 10.2. The van der Waals surface area contributed by atoms with E-state index >= 15 is 0 Å². The van der Waals surface area contributed by atoms with Gasteiger partial charge in [0.1, 0.15) is 5.56 Å². The van der Waals surface area contributed by atoms with E-state index in [1.165, 1.54) is 12.7 Å². The van der Waals surface area contributed by atoms with Crippen molar-refractivity contribution >= 4 is 22.7 Å². The highest BCUT2D eigenvalue weighted by Crippen LogP contribution is 2.33. The van der Waals surface area contributed by atoms with Gasteiger partial charge in [0.25, 0.3) is 11.8 Å². The molecule has 36 heavy (non-hydrogen) atoms. The zero-order valence-electron chi connectivity index (χ0n) is 20.4. The van der Waals surface area contributed by atoms with E-state index in [-0.39, 0.29) is 23.7 Å². The van der Waals surface area contributed by atoms with Crippen LogP contribution in [0.5, 0.6) is 5.88 Å². The topological polar surface area (TPSA) is 109 Å². The fourth-order valence-electron chi connectivity index (χ4n) is 5.04. The van der Waals surface area contributed by atoms with Gasteiger partial charge in [0.2, 0.25) is 5.88 Å². The summed E-state index contributed by atoms with van der Waals surface area (Å²) in [6.45, 7) is 0. The lowest BCUT2D eigenvalue weighted by molar-refractivity contribution is 0.0919. The number of aromatic amines is 1. The van der Waals surface area contributed by atoms with Crippen LogP contribution in [0, 0.1) is 0 Å². The average molecular weight is 484 g/mol. The number of amides is 2. The molecule has 5 rings (SSSR count). The zero-order chi connectivity index (χ0) is 25.1. The molecule has 0 spiro atoms. The van der Waals surface area contributed by atoms with E-state index in [0.717, 1.165) is 47.7 Å². The van der Waals surface area contributed by atoms with Crippen molar-refractivity contribution in [2.45, 2.75) is 37.6 Å². The van der Waals surface area contributed by atoms with Crippen LogP contribution < -0.4 is 15.4 Å². The van der Waals surface area contributed by atoms with Gasteiger partial charge in [-0.2, -0.15) is 5.10 Å². The Balaban J connectivity index is 1.38. The number of methoxy groups -OCH3 is 1. The second-order valence-corrected chi connectivity index (χ2v) is 9.14. The van der Waals surface area contributed by atoms with Crippen molar-refractivity contribution in [3.05, 3.63) is 77.6 Å². The highest BCUT2D eigenvalue weighted by molar-refractivity contribution is 6.05. The van der Waals surface area contributed by atoms with Crippen LogP contribution in [0.2, 0.25) is 0 Å². The number of ether oxygens (including phenoxy) is 1. The van der Waals surface area contributed by atoms with Gasteiger partial charge in [-0.1, -0.05) is 42.8 Å². The minimum atomic E-state index is -0.253. The minimum Gasteiger partial charge on any atom is -0.480 e. The molecule has 0 aliphatic heterocycles. The van der Waals surface area contributed by atoms with Gasteiger partial charge >= 0.3 is 0 Å². The van der Waals surface area contributed by atoms with E-state index in [1.807, 2.05) is 24.3 Å². The number of rotatable bonds is 6. The minimum absolute atomic E-state index is 0.0919. The third-order valence-electron chi connectivity index (χ3n) is 6.91. The maximum atomic E-state index is 13.4. The summed E-state index contributed by atoms with van der Waals surface area (Å²) in [5, 5.41) is 13.6. The first-order chi connectivity index (χ1) is 17.6. The number of aromatic nitrogens is 3. The van der Waals surface area contributed by atoms with Crippen molar-refractivity contribution in [2.24, 2.45) is 0 Å². The van der Waals surface area contributed by atoms with Crippen LogP contribution in [0.4, 0.5) is 0 Å². The Hall–Kier alpha value is -4.20. The molecule has 1 fully saturated rings. The number of nitrogens with one attached hydrogen (secondary N) is 3. The number of fused-ring (bicyclic) bond motifs is 1. The Bertz CT molecular complexity index is 1400. The first kappa shape index (κ1) is 23.5. The smallest absolute Gasteiger partial charge is 0.272 e. The Kier molecular flexibility index (Phi) is 6.66. The molecule has 2 atom stereocenters. The van der Waals surface area contributed by atoms with Crippen LogP contribution in [0.15, 0.2) is 60.8 Å². The largest absolute Gasteiger partial charge is 0.480 e. The van der Waals surface area contributed by atoms with Crippen molar-refractivity contribution in [3.8, 4) is 17.0 Å². The molecule has 2 aromatic carbocycles. The van der Waals surface area contributed by atoms with E-state index in [2.05, 4.69) is 50.1 Å². The van der Waals surface area contributed by atoms with Crippen LogP contribution in [-0.4, -0.2) is 47.2 Å². The highest BCUT2D eigenvalue weighted by atomic mass is 16.5. The molecule has 2 amide bonds. The number of carbonyl (C=O) groups is 2. The molecule has 0 bridgehead atoms. The molecule has 4 aromatic rings. The standard InChI is InChI=1S/C28H29N5O3/c1-29-27(35)25-22-12-11-19(15-24(22)32-33-25)20-14-23(28(36-2)30-16-20)26(34)31-21-10-6-9-18(13-21)17-7-4-3-5-8-17/h3-5,7-8,11-12,14-16,18,21H,6,9-10,13H2,1-2H3,(H,29,35)(H,31,34)(H,32,33). The third kappa shape index (κ3) is 4.66. The molecule has 2 aromatic heterocycles. The van der Waals surface area contributed by atoms with Gasteiger partial charge in [-0.3, -0.25) is 14.7 Å². The van der Waals surface area contributed by atoms with Crippen molar-refractivity contribution in [1.29, 1.82) is 0 Å². The van der Waals surface area contributed by atoms with E-state index in [1.54, 1.807) is 19.3 Å². The maximum absolute atomic E-state index is 13.4. The van der Waals surface area contributed by atoms with Crippen LogP contribution in [-0.2, 0) is 0 Å². The summed E-state index contributed by atoms with van der Waals surface area (Å²) in [5.41, 5.74) is 4.40. The number of benzene rings is 2. The predicted molar refractivity (Wildman–Crippen MR) is 138 cm³/mol. The van der Waals surface area contributed by atoms with Crippen molar-refractivity contribution in [1.82, 2.24) is 25.8 Å². The molecule has 0 saturated heterocycles. The maximum Gasteiger partial charge on any atom is 0.272 e. The van der Waals surface area contributed by atoms with E-state index < -0.39 is 0 Å². The molecule has 2 unspecified atom stereocenters. The fourth-order valence-corrected chi connectivity index (χ4v) is 5.04. The number of carbonyl (C=O) groups excluding carboxylic acids is 2. The monoisotopic (exact) mass is 483 g/mol. The fraction of sp³-hybridized carbons (Fsp3) is 0.286. The summed E-state index contributed by atoms with van der Waals surface area (Å²) in [5.74, 6) is 0.286. The molecule has 184 valence electrons. The summed E-state index contributed by atoms with van der Waals surface area (Å²) in [6.07, 6.45) is 5.75. The highest BCUT2D eigenvalue weighted by Gasteiger charge is 2.26. The molecule has 1 aliphatic carbocycles. The van der Waals surface area contributed by atoms with Gasteiger partial charge < -0.3 is 15.4 Å². The van der Waals surface area contributed by atoms with Crippen LogP contribution in [0.25, 0.3) is 22.0 Å². The second-order valence-electron chi connectivity index (χ2n) is 9.14. The van der Waals surface area contributed by atoms with Crippen molar-refractivity contribution in [2.75, 3.05) is 14.2 Å². The molecule has 0 radical (unpaired) electrons. The van der Waals surface area contributed by atoms with Crippen LogP contribution in [0.1, 0.15) is 58.0 Å². The number of hydrogen-bond donors (Lipinski definition) is 3. The van der Waals surface area contributed by atoms with Gasteiger partial charge in [0.15, 0.2) is 5.69 Å². The molecule has 8 nitrogen and oxygen atoms in total. The lowest BCUT2D eigenvalue weighted by atomic mass is 9.81. The number of pyridine rings is 1. The summed E-state index contributed by atoms with van der Waals surface area (Å²) >= 11 is 0. The molecule has 2 heterocycles. The first-order valence-electron chi connectivity index (χ1n) is 12.2.